The second kappa shape index (κ2) is 11.4. The lowest BCUT2D eigenvalue weighted by Crippen LogP contribution is -2.34. The third kappa shape index (κ3) is 7.42. The van der Waals surface area contributed by atoms with Gasteiger partial charge in [0, 0.05) is 45.8 Å². The lowest BCUT2D eigenvalue weighted by atomic mass is 9.98. The Morgan fingerprint density at radius 2 is 1.97 bits per heavy atom. The zero-order valence-electron chi connectivity index (χ0n) is 19.1. The van der Waals surface area contributed by atoms with E-state index in [9.17, 15) is 18.0 Å². The first-order valence-corrected chi connectivity index (χ1v) is 11.3. The maximum atomic E-state index is 13.2. The van der Waals surface area contributed by atoms with Crippen LogP contribution in [0, 0.1) is 5.92 Å². The molecule has 1 fully saturated rings. The molecule has 0 spiro atoms. The minimum absolute atomic E-state index is 0.00927. The molecular weight excluding hydrogens is 433 g/mol. The summed E-state index contributed by atoms with van der Waals surface area (Å²) in [7, 11) is 1.63. The van der Waals surface area contributed by atoms with E-state index in [1.54, 1.807) is 13.3 Å². The third-order valence-electron chi connectivity index (χ3n) is 5.84. The van der Waals surface area contributed by atoms with Crippen molar-refractivity contribution in [2.45, 2.75) is 45.2 Å². The average molecular weight is 465 g/mol. The molecule has 0 unspecified atom stereocenters. The minimum Gasteiger partial charge on any atom is -0.383 e. The van der Waals surface area contributed by atoms with Crippen LogP contribution >= 0.6 is 0 Å². The number of alkyl halides is 3. The maximum absolute atomic E-state index is 13.2. The van der Waals surface area contributed by atoms with Crippen molar-refractivity contribution in [2.24, 2.45) is 5.92 Å². The number of aryl methyl sites for hydroxylation is 1. The molecule has 3 rings (SSSR count). The van der Waals surface area contributed by atoms with Crippen molar-refractivity contribution in [2.75, 3.05) is 43.6 Å². The van der Waals surface area contributed by atoms with Crippen molar-refractivity contribution < 1.29 is 22.7 Å². The molecule has 3 heterocycles. The number of ketones is 1. The third-order valence-corrected chi connectivity index (χ3v) is 5.84. The van der Waals surface area contributed by atoms with Crippen LogP contribution in [0.2, 0.25) is 0 Å². The van der Waals surface area contributed by atoms with E-state index in [2.05, 4.69) is 22.2 Å². The van der Waals surface area contributed by atoms with Crippen LogP contribution in [0.4, 0.5) is 24.8 Å². The van der Waals surface area contributed by atoms with E-state index in [4.69, 9.17) is 4.74 Å². The van der Waals surface area contributed by atoms with Gasteiger partial charge in [-0.2, -0.15) is 13.2 Å². The number of nitrogens with one attached hydrogen (secondary N) is 1. The Morgan fingerprint density at radius 3 is 2.61 bits per heavy atom. The second-order valence-corrected chi connectivity index (χ2v) is 8.53. The molecule has 1 saturated heterocycles. The highest BCUT2D eigenvalue weighted by Crippen LogP contribution is 2.32. The van der Waals surface area contributed by atoms with Gasteiger partial charge in [-0.3, -0.25) is 4.79 Å². The molecule has 180 valence electrons. The fraction of sp³-hybridized carbons (Fsp3) is 0.542. The van der Waals surface area contributed by atoms with Crippen molar-refractivity contribution in [3.8, 4) is 0 Å². The van der Waals surface area contributed by atoms with Gasteiger partial charge in [0.2, 0.25) is 0 Å². The van der Waals surface area contributed by atoms with Crippen LogP contribution in [0.15, 0.2) is 30.5 Å². The smallest absolute Gasteiger partial charge is 0.383 e. The monoisotopic (exact) mass is 464 g/mol. The van der Waals surface area contributed by atoms with Gasteiger partial charge in [0.25, 0.3) is 0 Å². The maximum Gasteiger partial charge on any atom is 0.433 e. The number of Topliss-reactive ketones (excluding diaryl/α,β-unsaturated/α-hetero) is 1. The lowest BCUT2D eigenvalue weighted by molar-refractivity contribution is -0.141. The number of hydrogen-bond acceptors (Lipinski definition) is 6. The molecule has 0 bridgehead atoms. The summed E-state index contributed by atoms with van der Waals surface area (Å²) in [6, 6.07) is 6.14. The number of nitrogens with zero attached hydrogens (tertiary/aromatic N) is 3. The Balaban J connectivity index is 1.63. The summed E-state index contributed by atoms with van der Waals surface area (Å²) in [5, 5.41) is 3.12. The van der Waals surface area contributed by atoms with Gasteiger partial charge in [-0.1, -0.05) is 19.1 Å². The Kier molecular flexibility index (Phi) is 8.66. The molecule has 1 N–H and O–H groups in total. The topological polar surface area (TPSA) is 67.3 Å². The fourth-order valence-corrected chi connectivity index (χ4v) is 3.83. The summed E-state index contributed by atoms with van der Waals surface area (Å²) in [4.78, 5) is 22.7. The van der Waals surface area contributed by atoms with Crippen LogP contribution in [0.1, 0.15) is 43.0 Å². The average Bonchev–Trinajstić information content (AvgIpc) is 2.79. The van der Waals surface area contributed by atoms with E-state index in [1.807, 2.05) is 17.0 Å². The summed E-state index contributed by atoms with van der Waals surface area (Å²) < 4.78 is 44.7. The first kappa shape index (κ1) is 25.0. The summed E-state index contributed by atoms with van der Waals surface area (Å²) in [6.07, 6.45) is -0.181. The first-order chi connectivity index (χ1) is 15.8. The Hall–Kier alpha value is -2.68. The van der Waals surface area contributed by atoms with Gasteiger partial charge in [0.05, 0.1) is 6.61 Å². The van der Waals surface area contributed by atoms with Crippen molar-refractivity contribution in [1.29, 1.82) is 0 Å². The van der Waals surface area contributed by atoms with Gasteiger partial charge in [-0.25, -0.2) is 9.97 Å². The SMILES string of the molecule is COCCNc1ccc(CC(=O)CCc2ccc(C(F)(F)F)nc2N2CCC(C)CC2)cn1. The van der Waals surface area contributed by atoms with Crippen LogP contribution in [0.3, 0.4) is 0 Å². The molecule has 1 aliphatic heterocycles. The first-order valence-electron chi connectivity index (χ1n) is 11.3. The normalized spacial score (nSPS) is 15.0. The van der Waals surface area contributed by atoms with Gasteiger partial charge >= 0.3 is 6.18 Å². The van der Waals surface area contributed by atoms with E-state index in [1.165, 1.54) is 6.07 Å². The lowest BCUT2D eigenvalue weighted by Gasteiger charge is -2.33. The highest BCUT2D eigenvalue weighted by atomic mass is 19.4. The van der Waals surface area contributed by atoms with Crippen LogP contribution in [0.25, 0.3) is 0 Å². The molecule has 2 aromatic rings. The largest absolute Gasteiger partial charge is 0.433 e. The van der Waals surface area contributed by atoms with Gasteiger partial charge in [0.1, 0.15) is 23.1 Å². The molecule has 33 heavy (non-hydrogen) atoms. The minimum atomic E-state index is -4.50. The van der Waals surface area contributed by atoms with Crippen molar-refractivity contribution in [3.05, 3.63) is 47.3 Å². The van der Waals surface area contributed by atoms with Gasteiger partial charge in [-0.05, 0) is 48.4 Å². The Bertz CT molecular complexity index is 911. The molecule has 0 aromatic carbocycles. The fourth-order valence-electron chi connectivity index (χ4n) is 3.83. The number of halogens is 3. The highest BCUT2D eigenvalue weighted by molar-refractivity contribution is 5.81. The van der Waals surface area contributed by atoms with E-state index in [0.717, 1.165) is 24.5 Å². The molecule has 0 saturated carbocycles. The summed E-state index contributed by atoms with van der Waals surface area (Å²) in [6.45, 7) is 4.70. The van der Waals surface area contributed by atoms with Gasteiger partial charge < -0.3 is 15.0 Å². The van der Waals surface area contributed by atoms with E-state index < -0.39 is 11.9 Å². The molecule has 2 aromatic heterocycles. The van der Waals surface area contributed by atoms with E-state index in [0.29, 0.717) is 55.8 Å². The molecular formula is C24H31F3N4O2. The predicted molar refractivity (Wildman–Crippen MR) is 121 cm³/mol. The number of pyridine rings is 2. The number of hydrogen-bond donors (Lipinski definition) is 1. The zero-order valence-corrected chi connectivity index (χ0v) is 19.1. The van der Waals surface area contributed by atoms with Gasteiger partial charge in [0.15, 0.2) is 0 Å². The number of ether oxygens (including phenoxy) is 1. The number of carbonyl (C=O) groups excluding carboxylic acids is 1. The van der Waals surface area contributed by atoms with Crippen LogP contribution in [-0.2, 0) is 28.5 Å². The molecule has 0 atom stereocenters. The van der Waals surface area contributed by atoms with Gasteiger partial charge in [-0.15, -0.1) is 0 Å². The van der Waals surface area contributed by atoms with E-state index in [-0.39, 0.29) is 18.6 Å². The van der Waals surface area contributed by atoms with Crippen LogP contribution < -0.4 is 10.2 Å². The number of rotatable bonds is 10. The standard InChI is InChI=1S/C24H31F3N4O2/c1-17-9-12-31(13-10-17)23-19(5-7-21(30-23)24(25,26)27)4-6-20(32)15-18-3-8-22(29-16-18)28-11-14-33-2/h3,5,7-8,16-17H,4,6,9-15H2,1-2H3,(H,28,29). The summed E-state index contributed by atoms with van der Waals surface area (Å²) in [5.74, 6) is 1.62. The predicted octanol–water partition coefficient (Wildman–Crippen LogP) is 4.53. The molecule has 0 amide bonds. The Morgan fingerprint density at radius 1 is 1.21 bits per heavy atom. The quantitative estimate of drug-likeness (QED) is 0.521. The molecule has 0 radical (unpaired) electrons. The van der Waals surface area contributed by atoms with Crippen LogP contribution in [0.5, 0.6) is 0 Å². The summed E-state index contributed by atoms with van der Waals surface area (Å²) in [5.41, 5.74) is 0.589. The number of piperidine rings is 1. The van der Waals surface area contributed by atoms with Crippen LogP contribution in [-0.4, -0.2) is 49.1 Å². The molecule has 0 aliphatic carbocycles. The van der Waals surface area contributed by atoms with Crippen molar-refractivity contribution in [1.82, 2.24) is 9.97 Å². The second-order valence-electron chi connectivity index (χ2n) is 8.53. The molecule has 6 nitrogen and oxygen atoms in total. The number of aromatic nitrogens is 2. The Labute approximate surface area is 192 Å². The highest BCUT2D eigenvalue weighted by Gasteiger charge is 2.34. The number of methoxy groups -OCH3 is 1. The van der Waals surface area contributed by atoms with Crippen molar-refractivity contribution >= 4 is 17.4 Å². The zero-order chi connectivity index (χ0) is 23.8. The molecule has 1 aliphatic rings. The van der Waals surface area contributed by atoms with Crippen molar-refractivity contribution in [3.63, 3.8) is 0 Å². The number of anilines is 2. The number of carbonyl (C=O) groups is 1. The summed E-state index contributed by atoms with van der Waals surface area (Å²) >= 11 is 0. The van der Waals surface area contributed by atoms with E-state index >= 15 is 0 Å². The molecule has 9 heteroatoms.